The van der Waals surface area contributed by atoms with Gasteiger partial charge in [-0.15, -0.1) is 0 Å². The first-order valence-electron chi connectivity index (χ1n) is 4.22. The van der Waals surface area contributed by atoms with E-state index >= 15 is 0 Å². The first kappa shape index (κ1) is 15.9. The van der Waals surface area contributed by atoms with Crippen molar-refractivity contribution in [1.29, 1.82) is 0 Å². The molecular formula is C8H10Na2O5. The molecule has 7 heteroatoms. The Balaban J connectivity index is 0.000000980. The summed E-state index contributed by atoms with van der Waals surface area (Å²) >= 11 is 0. The van der Waals surface area contributed by atoms with Gasteiger partial charge in [-0.05, 0) is 12.8 Å². The van der Waals surface area contributed by atoms with E-state index in [4.69, 9.17) is 14.9 Å². The van der Waals surface area contributed by atoms with Crippen LogP contribution in [0.4, 0.5) is 0 Å². The van der Waals surface area contributed by atoms with Crippen LogP contribution in [-0.2, 0) is 14.3 Å². The number of rotatable bonds is 2. The predicted molar refractivity (Wildman–Crippen MR) is 51.7 cm³/mol. The Morgan fingerprint density at radius 3 is 1.53 bits per heavy atom. The van der Waals surface area contributed by atoms with E-state index in [0.29, 0.717) is 12.8 Å². The van der Waals surface area contributed by atoms with Crippen molar-refractivity contribution in [2.24, 2.45) is 11.8 Å². The molecular weight excluding hydrogens is 222 g/mol. The predicted octanol–water partition coefficient (Wildman–Crippen LogP) is -0.812. The quantitative estimate of drug-likeness (QED) is 0.608. The maximum Gasteiger partial charge on any atom is 0.310 e. The molecule has 5 nitrogen and oxygen atoms in total. The van der Waals surface area contributed by atoms with Gasteiger partial charge in [0.1, 0.15) is 0 Å². The topological polar surface area (TPSA) is 83.8 Å². The molecule has 2 saturated heterocycles. The van der Waals surface area contributed by atoms with E-state index in [1.54, 1.807) is 0 Å². The van der Waals surface area contributed by atoms with Crippen molar-refractivity contribution < 1.29 is 24.5 Å². The van der Waals surface area contributed by atoms with Crippen LogP contribution in [0.15, 0.2) is 0 Å². The van der Waals surface area contributed by atoms with Crippen molar-refractivity contribution >= 4 is 71.1 Å². The van der Waals surface area contributed by atoms with Crippen LogP contribution in [-0.4, -0.2) is 93.5 Å². The first-order chi connectivity index (χ1) is 6.11. The molecule has 0 saturated carbocycles. The Kier molecular flexibility index (Phi) is 6.36. The summed E-state index contributed by atoms with van der Waals surface area (Å²) < 4.78 is 5.26. The molecule has 74 valence electrons. The SMILES string of the molecule is O=C(O)C1C2CCC(O2)C1C(=O)O.[Na].[Na]. The molecule has 15 heavy (non-hydrogen) atoms. The first-order valence-corrected chi connectivity index (χ1v) is 4.22. The molecule has 0 aromatic rings. The van der Waals surface area contributed by atoms with E-state index in [1.807, 2.05) is 0 Å². The maximum atomic E-state index is 10.8. The van der Waals surface area contributed by atoms with Gasteiger partial charge in [-0.1, -0.05) is 0 Å². The molecule has 0 aliphatic carbocycles. The second-order valence-corrected chi connectivity index (χ2v) is 3.52. The molecule has 0 amide bonds. The second kappa shape index (κ2) is 6.00. The van der Waals surface area contributed by atoms with Crippen LogP contribution >= 0.6 is 0 Å². The van der Waals surface area contributed by atoms with Crippen LogP contribution < -0.4 is 0 Å². The Labute approximate surface area is 131 Å². The summed E-state index contributed by atoms with van der Waals surface area (Å²) in [4.78, 5) is 21.5. The third-order valence-corrected chi connectivity index (χ3v) is 2.84. The molecule has 2 fully saturated rings. The second-order valence-electron chi connectivity index (χ2n) is 3.52. The number of carboxylic acids is 2. The van der Waals surface area contributed by atoms with Crippen LogP contribution in [0.1, 0.15) is 12.8 Å². The average molecular weight is 232 g/mol. The van der Waals surface area contributed by atoms with Gasteiger partial charge in [0, 0.05) is 59.1 Å². The van der Waals surface area contributed by atoms with Crippen molar-refractivity contribution in [1.82, 2.24) is 0 Å². The van der Waals surface area contributed by atoms with E-state index in [9.17, 15) is 9.59 Å². The summed E-state index contributed by atoms with van der Waals surface area (Å²) in [7, 11) is 0. The molecule has 2 heterocycles. The zero-order valence-electron chi connectivity index (χ0n) is 8.84. The molecule has 2 aliphatic rings. The van der Waals surface area contributed by atoms with E-state index in [2.05, 4.69) is 0 Å². The minimum atomic E-state index is -1.06. The summed E-state index contributed by atoms with van der Waals surface area (Å²) in [6, 6.07) is 0. The zero-order chi connectivity index (χ0) is 9.59. The van der Waals surface area contributed by atoms with Crippen LogP contribution in [0.5, 0.6) is 0 Å². The molecule has 0 aromatic carbocycles. The largest absolute Gasteiger partial charge is 0.481 e. The summed E-state index contributed by atoms with van der Waals surface area (Å²) in [6.07, 6.45) is 0.573. The van der Waals surface area contributed by atoms with Gasteiger partial charge in [-0.25, -0.2) is 0 Å². The van der Waals surface area contributed by atoms with Gasteiger partial charge in [-0.3, -0.25) is 9.59 Å². The van der Waals surface area contributed by atoms with E-state index in [-0.39, 0.29) is 71.3 Å². The van der Waals surface area contributed by atoms with Gasteiger partial charge in [0.25, 0.3) is 0 Å². The maximum absolute atomic E-state index is 10.8. The van der Waals surface area contributed by atoms with Crippen LogP contribution in [0.25, 0.3) is 0 Å². The van der Waals surface area contributed by atoms with Crippen LogP contribution in [0.2, 0.25) is 0 Å². The van der Waals surface area contributed by atoms with Gasteiger partial charge in [0.15, 0.2) is 0 Å². The van der Waals surface area contributed by atoms with E-state index in [1.165, 1.54) is 0 Å². The number of fused-ring (bicyclic) bond motifs is 2. The number of ether oxygens (including phenoxy) is 1. The van der Waals surface area contributed by atoms with Gasteiger partial charge in [0.05, 0.1) is 24.0 Å². The number of carboxylic acid groups (broad SMARTS) is 2. The third kappa shape index (κ3) is 2.77. The number of carbonyl (C=O) groups is 2. The Morgan fingerprint density at radius 2 is 1.27 bits per heavy atom. The summed E-state index contributed by atoms with van der Waals surface area (Å²) in [5.41, 5.74) is 0. The molecule has 2 rings (SSSR count). The van der Waals surface area contributed by atoms with Crippen molar-refractivity contribution in [3.63, 3.8) is 0 Å². The smallest absolute Gasteiger partial charge is 0.310 e. The fraction of sp³-hybridized carbons (Fsp3) is 0.750. The van der Waals surface area contributed by atoms with Gasteiger partial charge in [0.2, 0.25) is 0 Å². The van der Waals surface area contributed by atoms with Crippen molar-refractivity contribution in [2.75, 3.05) is 0 Å². The number of hydrogen-bond acceptors (Lipinski definition) is 3. The Morgan fingerprint density at radius 1 is 0.933 bits per heavy atom. The molecule has 2 bridgehead atoms. The van der Waals surface area contributed by atoms with Crippen LogP contribution in [0, 0.1) is 11.8 Å². The van der Waals surface area contributed by atoms with Crippen molar-refractivity contribution in [3.05, 3.63) is 0 Å². The molecule has 4 atom stereocenters. The van der Waals surface area contributed by atoms with Crippen molar-refractivity contribution in [2.45, 2.75) is 25.0 Å². The molecule has 2 radical (unpaired) electrons. The fourth-order valence-electron chi connectivity index (χ4n) is 2.31. The molecule has 0 aromatic heterocycles. The molecule has 4 unspecified atom stereocenters. The normalized spacial score (nSPS) is 36.5. The molecule has 2 aliphatic heterocycles. The summed E-state index contributed by atoms with van der Waals surface area (Å²) in [6.45, 7) is 0. The van der Waals surface area contributed by atoms with E-state index < -0.39 is 23.8 Å². The Hall–Kier alpha value is 0.900. The van der Waals surface area contributed by atoms with E-state index in [0.717, 1.165) is 0 Å². The fourth-order valence-corrected chi connectivity index (χ4v) is 2.31. The number of aliphatic carboxylic acids is 2. The third-order valence-electron chi connectivity index (χ3n) is 2.84. The monoisotopic (exact) mass is 232 g/mol. The average Bonchev–Trinajstić information content (AvgIpc) is 2.60. The standard InChI is InChI=1S/C8H10O5.2Na/c9-7(10)5-3-1-2-4(13-3)6(5)8(11)12;;/h3-6H,1-2H2,(H,9,10)(H,11,12);;. The number of hydrogen-bond donors (Lipinski definition) is 2. The summed E-state index contributed by atoms with van der Waals surface area (Å²) in [5.74, 6) is -3.81. The zero-order valence-corrected chi connectivity index (χ0v) is 12.8. The summed E-state index contributed by atoms with van der Waals surface area (Å²) in [5, 5.41) is 17.6. The Bertz CT molecular complexity index is 244. The molecule has 2 N–H and O–H groups in total. The minimum absolute atomic E-state index is 0. The van der Waals surface area contributed by atoms with Crippen molar-refractivity contribution in [3.8, 4) is 0 Å². The minimum Gasteiger partial charge on any atom is -0.481 e. The van der Waals surface area contributed by atoms with Gasteiger partial charge < -0.3 is 14.9 Å². The van der Waals surface area contributed by atoms with Gasteiger partial charge >= 0.3 is 11.9 Å². The molecule has 0 spiro atoms. The van der Waals surface area contributed by atoms with Gasteiger partial charge in [-0.2, -0.15) is 0 Å². The van der Waals surface area contributed by atoms with Crippen LogP contribution in [0.3, 0.4) is 0 Å².